The van der Waals surface area contributed by atoms with Crippen molar-refractivity contribution in [1.82, 2.24) is 4.57 Å². The van der Waals surface area contributed by atoms with Crippen LogP contribution in [0, 0.1) is 0 Å². The van der Waals surface area contributed by atoms with E-state index < -0.39 is 0 Å². The van der Waals surface area contributed by atoms with Gasteiger partial charge in [0.05, 0.1) is 23.6 Å². The smallest absolute Gasteiger partial charge is 0.0629 e. The molecule has 0 aliphatic carbocycles. The first-order valence-electron chi connectivity index (χ1n) is 14.6. The lowest BCUT2D eigenvalue weighted by molar-refractivity contribution is 0.593. The fourth-order valence-corrected chi connectivity index (χ4v) is 6.76. The van der Waals surface area contributed by atoms with E-state index >= 15 is 0 Å². The number of thiophene rings is 1. The number of nitrogens with zero attached hydrogens (tertiary/aromatic N) is 1. The molecule has 0 saturated carbocycles. The molecule has 7 aromatic rings. The Morgan fingerprint density at radius 3 is 1.97 bits per heavy atom. The maximum absolute atomic E-state index is 8.75. The van der Waals surface area contributed by atoms with Gasteiger partial charge in [0.15, 0.2) is 0 Å². The highest BCUT2D eigenvalue weighted by molar-refractivity contribution is 7.26. The predicted octanol–water partition coefficient (Wildman–Crippen LogP) is 10.1. The molecule has 0 aliphatic heterocycles. The monoisotopic (exact) mass is 486 g/mol. The number of para-hydroxylation sites is 2. The molecular weight excluding hydrogens is 454 g/mol. The van der Waals surface area contributed by atoms with Crippen molar-refractivity contribution < 1.29 is 6.85 Å². The van der Waals surface area contributed by atoms with Crippen LogP contribution in [0.15, 0.2) is 109 Å². The second kappa shape index (κ2) is 7.81. The summed E-state index contributed by atoms with van der Waals surface area (Å²) in [5.41, 5.74) is 5.12. The van der Waals surface area contributed by atoms with Crippen molar-refractivity contribution >= 4 is 53.3 Å². The number of fused-ring (bicyclic) bond motifs is 6. The fourth-order valence-electron chi connectivity index (χ4n) is 5.62. The van der Waals surface area contributed by atoms with Crippen molar-refractivity contribution in [3.63, 3.8) is 0 Å². The minimum Gasteiger partial charge on any atom is -0.309 e. The summed E-state index contributed by atoms with van der Waals surface area (Å²) in [6, 6.07) is 25.8. The van der Waals surface area contributed by atoms with Gasteiger partial charge in [0, 0.05) is 30.9 Å². The number of rotatable bonds is 2. The molecule has 0 spiro atoms. The van der Waals surface area contributed by atoms with Crippen LogP contribution in [-0.4, -0.2) is 4.57 Å². The van der Waals surface area contributed by atoms with Crippen LogP contribution < -0.4 is 0 Å². The summed E-state index contributed by atoms with van der Waals surface area (Å²) >= 11 is 1.67. The summed E-state index contributed by atoms with van der Waals surface area (Å²) in [4.78, 5) is 0. The molecule has 1 nitrogen and oxygen atoms in total. The summed E-state index contributed by atoms with van der Waals surface area (Å²) in [7, 11) is 0. The van der Waals surface area contributed by atoms with Gasteiger partial charge in [-0.1, -0.05) is 99.5 Å². The van der Waals surface area contributed by atoms with Crippen molar-refractivity contribution in [3.05, 3.63) is 115 Å². The van der Waals surface area contributed by atoms with Gasteiger partial charge in [-0.15, -0.1) is 11.3 Å². The topological polar surface area (TPSA) is 4.93 Å². The highest BCUT2D eigenvalue weighted by Gasteiger charge is 2.27. The van der Waals surface area contributed by atoms with E-state index in [0.29, 0.717) is 5.56 Å². The van der Waals surface area contributed by atoms with Crippen molar-refractivity contribution in [2.24, 2.45) is 0 Å². The lowest BCUT2D eigenvalue weighted by atomic mass is 9.82. The minimum atomic E-state index is -0.380. The molecule has 5 aromatic carbocycles. The number of benzene rings is 5. The maximum Gasteiger partial charge on any atom is 0.0629 e. The first-order valence-corrected chi connectivity index (χ1v) is 13.0. The Balaban J connectivity index is 1.69. The molecule has 0 saturated heterocycles. The van der Waals surface area contributed by atoms with Crippen LogP contribution in [0.2, 0.25) is 0 Å². The van der Waals surface area contributed by atoms with Crippen LogP contribution >= 0.6 is 11.3 Å². The Morgan fingerprint density at radius 1 is 0.667 bits per heavy atom. The zero-order chi connectivity index (χ0) is 28.8. The minimum absolute atomic E-state index is 0.182. The molecule has 2 heteroatoms. The van der Waals surface area contributed by atoms with E-state index in [4.69, 9.17) is 6.85 Å². The molecule has 36 heavy (non-hydrogen) atoms. The van der Waals surface area contributed by atoms with Crippen LogP contribution in [0.5, 0.6) is 0 Å². The lowest BCUT2D eigenvalue weighted by Crippen LogP contribution is -2.16. The summed E-state index contributed by atoms with van der Waals surface area (Å²) < 4.78 is 46.8. The van der Waals surface area contributed by atoms with E-state index in [1.807, 2.05) is 12.1 Å². The SMILES string of the molecule is [2H]c1c([2H])c([2H])c(-c2cccc3sc4ccc(-n5c6ccccc6c6ccccc65)c(C(C)(C)C)c4c23)c([2H])c1[2H]. The van der Waals surface area contributed by atoms with E-state index in [9.17, 15) is 0 Å². The Morgan fingerprint density at radius 2 is 1.31 bits per heavy atom. The standard InChI is InChI=1S/C34H27NS/c1-34(2,3)33-28(35-26-17-9-7-14-24(26)25-15-8-10-18-27(25)35)20-21-30-32(33)31-23(16-11-19-29(31)36-30)22-12-5-4-6-13-22/h4-21H,1-3H3/i4D,5D,6D,12D,13D. The van der Waals surface area contributed by atoms with Crippen LogP contribution in [0.4, 0.5) is 0 Å². The third-order valence-electron chi connectivity index (χ3n) is 6.98. The lowest BCUT2D eigenvalue weighted by Gasteiger charge is -2.26. The molecule has 0 atom stereocenters. The van der Waals surface area contributed by atoms with Gasteiger partial charge < -0.3 is 4.57 Å². The molecule has 0 radical (unpaired) electrons. The van der Waals surface area contributed by atoms with E-state index in [-0.39, 0.29) is 41.2 Å². The molecule has 2 heterocycles. The van der Waals surface area contributed by atoms with Crippen molar-refractivity contribution in [1.29, 1.82) is 0 Å². The van der Waals surface area contributed by atoms with Crippen molar-refractivity contribution in [2.45, 2.75) is 26.2 Å². The van der Waals surface area contributed by atoms with Crippen LogP contribution in [0.25, 0.3) is 58.8 Å². The summed E-state index contributed by atoms with van der Waals surface area (Å²) in [5.74, 6) is 0. The van der Waals surface area contributed by atoms with Gasteiger partial charge in [0.2, 0.25) is 0 Å². The molecular formula is C34H27NS. The van der Waals surface area contributed by atoms with Gasteiger partial charge in [0.25, 0.3) is 0 Å². The number of aromatic nitrogens is 1. The highest BCUT2D eigenvalue weighted by atomic mass is 32.1. The van der Waals surface area contributed by atoms with Crippen molar-refractivity contribution in [3.8, 4) is 16.8 Å². The molecule has 0 aliphatic rings. The molecule has 174 valence electrons. The average Bonchev–Trinajstić information content (AvgIpc) is 3.50. The number of hydrogen-bond donors (Lipinski definition) is 0. The Bertz CT molecular complexity index is 2120. The zero-order valence-electron chi connectivity index (χ0n) is 25.4. The van der Waals surface area contributed by atoms with E-state index in [2.05, 4.69) is 92.1 Å². The second-order valence-electron chi connectivity index (χ2n) is 10.2. The fraction of sp³-hybridized carbons (Fsp3) is 0.118. The molecule has 0 amide bonds. The van der Waals surface area contributed by atoms with Crippen LogP contribution in [0.1, 0.15) is 33.2 Å². The first-order chi connectivity index (χ1) is 19.6. The quantitative estimate of drug-likeness (QED) is 0.229. The Kier molecular flexibility index (Phi) is 3.63. The average molecular weight is 487 g/mol. The van der Waals surface area contributed by atoms with Gasteiger partial charge >= 0.3 is 0 Å². The van der Waals surface area contributed by atoms with Gasteiger partial charge in [-0.3, -0.25) is 0 Å². The third-order valence-corrected chi connectivity index (χ3v) is 8.10. The molecule has 7 rings (SSSR count). The molecule has 0 bridgehead atoms. The van der Waals surface area contributed by atoms with Gasteiger partial charge in [0.1, 0.15) is 0 Å². The summed E-state index contributed by atoms with van der Waals surface area (Å²) in [6.45, 7) is 6.65. The highest BCUT2D eigenvalue weighted by Crippen LogP contribution is 2.47. The largest absolute Gasteiger partial charge is 0.309 e. The van der Waals surface area contributed by atoms with Crippen LogP contribution in [-0.2, 0) is 5.41 Å². The van der Waals surface area contributed by atoms with Crippen molar-refractivity contribution in [2.75, 3.05) is 0 Å². The van der Waals surface area contributed by atoms with Gasteiger partial charge in [-0.25, -0.2) is 0 Å². The van der Waals surface area contributed by atoms with Crippen LogP contribution in [0.3, 0.4) is 0 Å². The maximum atomic E-state index is 8.75. The molecule has 0 unspecified atom stereocenters. The Labute approximate surface area is 222 Å². The summed E-state index contributed by atoms with van der Waals surface area (Å²) in [6.07, 6.45) is 0. The summed E-state index contributed by atoms with van der Waals surface area (Å²) in [5, 5.41) is 4.38. The van der Waals surface area contributed by atoms with E-state index in [1.54, 1.807) is 11.3 Å². The number of hydrogen-bond acceptors (Lipinski definition) is 1. The van der Waals surface area contributed by atoms with Gasteiger partial charge in [-0.05, 0) is 52.4 Å². The Hall–Kier alpha value is -3.88. The third kappa shape index (κ3) is 3.08. The zero-order valence-corrected chi connectivity index (χ0v) is 21.2. The van der Waals surface area contributed by atoms with Gasteiger partial charge in [-0.2, -0.15) is 0 Å². The molecule has 0 fully saturated rings. The van der Waals surface area contributed by atoms with E-state index in [0.717, 1.165) is 42.5 Å². The first kappa shape index (κ1) is 16.7. The second-order valence-corrected chi connectivity index (χ2v) is 11.3. The molecule has 2 aromatic heterocycles. The predicted molar refractivity (Wildman–Crippen MR) is 158 cm³/mol. The van der Waals surface area contributed by atoms with E-state index in [1.165, 1.54) is 10.8 Å². The molecule has 0 N–H and O–H groups in total. The normalized spacial score (nSPS) is 14.2.